The number of fused-ring (bicyclic) bond motifs is 2. The quantitative estimate of drug-likeness (QED) is 0.786. The van der Waals surface area contributed by atoms with E-state index in [4.69, 9.17) is 0 Å². The van der Waals surface area contributed by atoms with Crippen molar-refractivity contribution in [3.8, 4) is 5.75 Å². The molecule has 2 aliphatic rings. The van der Waals surface area contributed by atoms with Gasteiger partial charge in [-0.05, 0) is 49.3 Å². The molecule has 2 bridgehead atoms. The van der Waals surface area contributed by atoms with Gasteiger partial charge in [0.1, 0.15) is 5.75 Å². The molecule has 0 saturated carbocycles. The van der Waals surface area contributed by atoms with E-state index in [1.54, 1.807) is 12.1 Å². The van der Waals surface area contributed by atoms with E-state index in [1.165, 1.54) is 12.8 Å². The van der Waals surface area contributed by atoms with Gasteiger partial charge in [-0.15, -0.1) is 0 Å². The topological polar surface area (TPSA) is 61.4 Å². The van der Waals surface area contributed by atoms with Gasteiger partial charge >= 0.3 is 0 Å². The maximum atomic E-state index is 12.0. The lowest BCUT2D eigenvalue weighted by molar-refractivity contribution is -0.122. The van der Waals surface area contributed by atoms with Gasteiger partial charge in [-0.3, -0.25) is 4.79 Å². The third kappa shape index (κ3) is 3.31. The first-order valence-corrected chi connectivity index (χ1v) is 7.49. The van der Waals surface area contributed by atoms with E-state index in [-0.39, 0.29) is 11.7 Å². The number of phenols is 1. The van der Waals surface area contributed by atoms with Gasteiger partial charge in [-0.25, -0.2) is 0 Å². The molecule has 2 unspecified atom stereocenters. The molecule has 0 spiro atoms. The van der Waals surface area contributed by atoms with Gasteiger partial charge in [0, 0.05) is 25.0 Å². The van der Waals surface area contributed by atoms with Crippen molar-refractivity contribution in [3.05, 3.63) is 29.8 Å². The highest BCUT2D eigenvalue weighted by atomic mass is 16.3. The number of carbonyl (C=O) groups excluding carboxylic acids is 1. The van der Waals surface area contributed by atoms with Crippen LogP contribution < -0.4 is 10.6 Å². The van der Waals surface area contributed by atoms with E-state index >= 15 is 0 Å². The number of rotatable bonds is 4. The van der Waals surface area contributed by atoms with Crippen LogP contribution in [-0.2, 0) is 11.3 Å². The summed E-state index contributed by atoms with van der Waals surface area (Å²) in [5.41, 5.74) is 1.02. The van der Waals surface area contributed by atoms with Crippen LogP contribution in [0.15, 0.2) is 24.3 Å². The highest BCUT2D eigenvalue weighted by molar-refractivity contribution is 5.76. The molecule has 2 atom stereocenters. The highest BCUT2D eigenvalue weighted by Gasteiger charge is 2.33. The van der Waals surface area contributed by atoms with Gasteiger partial charge < -0.3 is 15.7 Å². The summed E-state index contributed by atoms with van der Waals surface area (Å²) in [6, 6.07) is 8.24. The van der Waals surface area contributed by atoms with Crippen molar-refractivity contribution < 1.29 is 9.90 Å². The molecule has 1 aromatic carbocycles. The van der Waals surface area contributed by atoms with Crippen LogP contribution in [0.5, 0.6) is 5.75 Å². The first-order valence-electron chi connectivity index (χ1n) is 7.49. The van der Waals surface area contributed by atoms with Gasteiger partial charge in [-0.2, -0.15) is 0 Å². The van der Waals surface area contributed by atoms with E-state index < -0.39 is 0 Å². The minimum atomic E-state index is 0.143. The number of hydrogen-bond acceptors (Lipinski definition) is 3. The maximum Gasteiger partial charge on any atom is 0.220 e. The van der Waals surface area contributed by atoms with Gasteiger partial charge in [0.2, 0.25) is 5.91 Å². The monoisotopic (exact) mass is 274 g/mol. The average Bonchev–Trinajstić information content (AvgIpc) is 2.77. The molecular weight excluding hydrogens is 252 g/mol. The molecule has 2 saturated heterocycles. The third-order valence-corrected chi connectivity index (χ3v) is 4.47. The van der Waals surface area contributed by atoms with E-state index in [0.29, 0.717) is 31.0 Å². The third-order valence-electron chi connectivity index (χ3n) is 4.47. The second kappa shape index (κ2) is 5.83. The summed E-state index contributed by atoms with van der Waals surface area (Å²) >= 11 is 0. The summed E-state index contributed by atoms with van der Waals surface area (Å²) < 4.78 is 0. The molecule has 4 nitrogen and oxygen atoms in total. The minimum Gasteiger partial charge on any atom is -0.508 e. The van der Waals surface area contributed by atoms with Crippen molar-refractivity contribution in [3.63, 3.8) is 0 Å². The normalized spacial score (nSPS) is 28.3. The smallest absolute Gasteiger partial charge is 0.220 e. The summed E-state index contributed by atoms with van der Waals surface area (Å²) in [6.45, 7) is 0.539. The predicted molar refractivity (Wildman–Crippen MR) is 77.2 cm³/mol. The maximum absolute atomic E-state index is 12.0. The Bertz CT molecular complexity index is 460. The van der Waals surface area contributed by atoms with E-state index in [9.17, 15) is 9.90 Å². The molecule has 20 heavy (non-hydrogen) atoms. The van der Waals surface area contributed by atoms with Crippen LogP contribution in [0.25, 0.3) is 0 Å². The molecule has 4 heteroatoms. The fraction of sp³-hybridized carbons (Fsp3) is 0.562. The lowest BCUT2D eigenvalue weighted by Gasteiger charge is -2.28. The first kappa shape index (κ1) is 13.4. The van der Waals surface area contributed by atoms with Crippen LogP contribution in [0.3, 0.4) is 0 Å². The Labute approximate surface area is 119 Å². The predicted octanol–water partition coefficient (Wildman–Crippen LogP) is 1.93. The van der Waals surface area contributed by atoms with Crippen LogP contribution in [0.4, 0.5) is 0 Å². The Kier molecular flexibility index (Phi) is 3.92. The van der Waals surface area contributed by atoms with Crippen LogP contribution in [0.2, 0.25) is 0 Å². The Morgan fingerprint density at radius 2 is 1.85 bits per heavy atom. The summed E-state index contributed by atoms with van der Waals surface area (Å²) in [5.74, 6) is 0.934. The highest BCUT2D eigenvalue weighted by Crippen LogP contribution is 2.32. The van der Waals surface area contributed by atoms with Gasteiger partial charge in [0.15, 0.2) is 0 Å². The Balaban J connectivity index is 1.44. The number of nitrogens with one attached hydrogen (secondary N) is 2. The summed E-state index contributed by atoms with van der Waals surface area (Å²) in [4.78, 5) is 12.0. The molecule has 3 N–H and O–H groups in total. The SMILES string of the molecule is O=C(CC1CC2CCC(C1)N2)NCc1ccc(O)cc1. The number of benzene rings is 1. The van der Waals surface area contributed by atoms with Gasteiger partial charge in [0.25, 0.3) is 0 Å². The van der Waals surface area contributed by atoms with Crippen molar-refractivity contribution in [2.75, 3.05) is 0 Å². The Hall–Kier alpha value is -1.55. The van der Waals surface area contributed by atoms with Crippen molar-refractivity contribution in [1.82, 2.24) is 10.6 Å². The average molecular weight is 274 g/mol. The fourth-order valence-corrected chi connectivity index (χ4v) is 3.49. The van der Waals surface area contributed by atoms with Crippen molar-refractivity contribution >= 4 is 5.91 Å². The van der Waals surface area contributed by atoms with Crippen molar-refractivity contribution in [1.29, 1.82) is 0 Å². The fourth-order valence-electron chi connectivity index (χ4n) is 3.49. The largest absolute Gasteiger partial charge is 0.508 e. The zero-order chi connectivity index (χ0) is 13.9. The molecule has 1 aromatic rings. The van der Waals surface area contributed by atoms with E-state index in [0.717, 1.165) is 18.4 Å². The number of aromatic hydroxyl groups is 1. The molecule has 2 fully saturated rings. The summed E-state index contributed by atoms with van der Waals surface area (Å²) in [6.07, 6.45) is 5.48. The molecule has 0 radical (unpaired) electrons. The summed E-state index contributed by atoms with van der Waals surface area (Å²) in [5, 5.41) is 15.8. The molecule has 108 valence electrons. The van der Waals surface area contributed by atoms with E-state index in [2.05, 4.69) is 10.6 Å². The molecule has 0 aliphatic carbocycles. The van der Waals surface area contributed by atoms with Crippen molar-refractivity contribution in [2.45, 2.75) is 50.7 Å². The zero-order valence-corrected chi connectivity index (χ0v) is 11.6. The number of carbonyl (C=O) groups is 1. The Morgan fingerprint density at radius 1 is 1.20 bits per heavy atom. The molecule has 2 heterocycles. The summed E-state index contributed by atoms with van der Waals surface area (Å²) in [7, 11) is 0. The molecule has 2 aliphatic heterocycles. The molecule has 3 rings (SSSR count). The molecule has 0 aromatic heterocycles. The number of piperidine rings is 1. The van der Waals surface area contributed by atoms with Gasteiger partial charge in [0.05, 0.1) is 0 Å². The van der Waals surface area contributed by atoms with E-state index in [1.807, 2.05) is 12.1 Å². The molecular formula is C16H22N2O2. The van der Waals surface area contributed by atoms with Crippen LogP contribution in [0, 0.1) is 5.92 Å². The van der Waals surface area contributed by atoms with Crippen LogP contribution in [-0.4, -0.2) is 23.1 Å². The minimum absolute atomic E-state index is 0.143. The second-order valence-electron chi connectivity index (χ2n) is 6.12. The lowest BCUT2D eigenvalue weighted by atomic mass is 9.89. The lowest BCUT2D eigenvalue weighted by Crippen LogP contribution is -2.39. The molecule has 1 amide bonds. The van der Waals surface area contributed by atoms with Crippen molar-refractivity contribution in [2.24, 2.45) is 5.92 Å². The standard InChI is InChI=1S/C16H22N2O2/c19-15-5-1-11(2-6-15)10-17-16(20)9-12-7-13-3-4-14(8-12)18-13/h1-2,5-6,12-14,18-19H,3-4,7-10H2,(H,17,20). The van der Waals surface area contributed by atoms with Crippen LogP contribution in [0.1, 0.15) is 37.7 Å². The number of phenolic OH excluding ortho intramolecular Hbond substituents is 1. The zero-order valence-electron chi connectivity index (χ0n) is 11.6. The Morgan fingerprint density at radius 3 is 2.50 bits per heavy atom. The number of amides is 1. The second-order valence-corrected chi connectivity index (χ2v) is 6.12. The number of hydrogen-bond donors (Lipinski definition) is 3. The first-order chi connectivity index (χ1) is 9.69. The van der Waals surface area contributed by atoms with Gasteiger partial charge in [-0.1, -0.05) is 12.1 Å². The van der Waals surface area contributed by atoms with Crippen LogP contribution >= 0.6 is 0 Å².